The number of imidazole rings is 1. The van der Waals surface area contributed by atoms with Gasteiger partial charge < -0.3 is 14.8 Å². The summed E-state index contributed by atoms with van der Waals surface area (Å²) >= 11 is 0. The van der Waals surface area contributed by atoms with Crippen molar-refractivity contribution in [2.24, 2.45) is 0 Å². The number of aromatic nitrogens is 2. The number of anilines is 1. The molecule has 1 saturated heterocycles. The van der Waals surface area contributed by atoms with Crippen molar-refractivity contribution in [3.8, 4) is 0 Å². The van der Waals surface area contributed by atoms with Crippen molar-refractivity contribution in [1.29, 1.82) is 0 Å². The maximum atomic E-state index is 13.2. The second kappa shape index (κ2) is 8.17. The quantitative estimate of drug-likeness (QED) is 0.881. The summed E-state index contributed by atoms with van der Waals surface area (Å²) in [7, 11) is 0. The van der Waals surface area contributed by atoms with Crippen LogP contribution in [0.15, 0.2) is 24.3 Å². The minimum absolute atomic E-state index is 0.0278. The van der Waals surface area contributed by atoms with E-state index in [0.717, 1.165) is 68.7 Å². The van der Waals surface area contributed by atoms with E-state index in [1.54, 1.807) is 0 Å². The summed E-state index contributed by atoms with van der Waals surface area (Å²) in [5, 5.41) is 2.98. The molecule has 6 heteroatoms. The first-order chi connectivity index (χ1) is 13.6. The third-order valence-electron chi connectivity index (χ3n) is 5.81. The van der Waals surface area contributed by atoms with E-state index in [2.05, 4.69) is 10.3 Å². The lowest BCUT2D eigenvalue weighted by Crippen LogP contribution is -2.34. The molecule has 28 heavy (non-hydrogen) atoms. The van der Waals surface area contributed by atoms with Crippen LogP contribution in [-0.4, -0.2) is 39.4 Å². The van der Waals surface area contributed by atoms with Crippen LogP contribution in [0.1, 0.15) is 70.9 Å². The molecule has 2 aliphatic rings. The van der Waals surface area contributed by atoms with Crippen molar-refractivity contribution >= 4 is 17.5 Å². The zero-order valence-electron chi connectivity index (χ0n) is 16.5. The first-order valence-corrected chi connectivity index (χ1v) is 10.4. The molecule has 0 atom stereocenters. The summed E-state index contributed by atoms with van der Waals surface area (Å²) < 4.78 is 1.99. The lowest BCUT2D eigenvalue weighted by atomic mass is 10.1. The number of nitrogens with zero attached hydrogens (tertiary/aromatic N) is 3. The lowest BCUT2D eigenvalue weighted by molar-refractivity contribution is 0.0743. The molecule has 0 saturated carbocycles. The number of carbonyl (C=O) groups excluding carboxylic acids is 2. The molecular formula is C22H28N4O2. The van der Waals surface area contributed by atoms with Crippen LogP contribution >= 0.6 is 0 Å². The minimum Gasteiger partial charge on any atom is -0.336 e. The molecule has 0 radical (unpaired) electrons. The second-order valence-electron chi connectivity index (χ2n) is 7.81. The fourth-order valence-corrected chi connectivity index (χ4v) is 4.20. The van der Waals surface area contributed by atoms with Crippen molar-refractivity contribution in [3.05, 3.63) is 47.0 Å². The van der Waals surface area contributed by atoms with E-state index in [1.165, 1.54) is 12.8 Å². The maximum Gasteiger partial charge on any atom is 0.289 e. The van der Waals surface area contributed by atoms with Crippen LogP contribution < -0.4 is 5.32 Å². The van der Waals surface area contributed by atoms with Crippen LogP contribution in [0.2, 0.25) is 0 Å². The highest BCUT2D eigenvalue weighted by molar-refractivity contribution is 6.05. The lowest BCUT2D eigenvalue weighted by Gasteiger charge is -2.22. The summed E-state index contributed by atoms with van der Waals surface area (Å²) in [6.45, 7) is 4.29. The molecule has 2 aliphatic heterocycles. The third-order valence-corrected chi connectivity index (χ3v) is 5.81. The van der Waals surface area contributed by atoms with Crippen molar-refractivity contribution in [3.63, 3.8) is 0 Å². The summed E-state index contributed by atoms with van der Waals surface area (Å²) in [6.07, 6.45) is 7.26. The van der Waals surface area contributed by atoms with Gasteiger partial charge in [0.1, 0.15) is 0 Å². The van der Waals surface area contributed by atoms with Crippen LogP contribution in [0.5, 0.6) is 0 Å². The number of hydrogen-bond acceptors (Lipinski definition) is 3. The molecule has 0 bridgehead atoms. The number of carbonyl (C=O) groups is 2. The number of nitrogens with one attached hydrogen (secondary N) is 1. The van der Waals surface area contributed by atoms with Crippen molar-refractivity contribution < 1.29 is 9.59 Å². The molecule has 0 spiro atoms. The van der Waals surface area contributed by atoms with Crippen LogP contribution in [-0.2, 0) is 13.0 Å². The summed E-state index contributed by atoms with van der Waals surface area (Å²) in [4.78, 5) is 32.7. The van der Waals surface area contributed by atoms with Gasteiger partial charge in [-0.15, -0.1) is 0 Å². The van der Waals surface area contributed by atoms with Crippen molar-refractivity contribution in [2.75, 3.05) is 18.4 Å². The van der Waals surface area contributed by atoms with Gasteiger partial charge in [-0.2, -0.15) is 0 Å². The Hall–Kier alpha value is -2.63. The fraction of sp³-hybridized carbons (Fsp3) is 0.500. The van der Waals surface area contributed by atoms with Gasteiger partial charge in [-0.05, 0) is 50.7 Å². The average Bonchev–Trinajstić information content (AvgIpc) is 2.89. The summed E-state index contributed by atoms with van der Waals surface area (Å²) in [5.74, 6) is 0.182. The smallest absolute Gasteiger partial charge is 0.289 e. The van der Waals surface area contributed by atoms with Crippen LogP contribution in [0.4, 0.5) is 5.69 Å². The fourth-order valence-electron chi connectivity index (χ4n) is 4.20. The largest absolute Gasteiger partial charge is 0.336 e. The first-order valence-electron chi connectivity index (χ1n) is 10.4. The molecule has 148 valence electrons. The van der Waals surface area contributed by atoms with Gasteiger partial charge >= 0.3 is 0 Å². The summed E-state index contributed by atoms with van der Waals surface area (Å²) in [6, 6.07) is 7.70. The Balaban J connectivity index is 1.64. The maximum absolute atomic E-state index is 13.2. The highest BCUT2D eigenvalue weighted by atomic mass is 16.2. The van der Waals surface area contributed by atoms with Crippen molar-refractivity contribution in [1.82, 2.24) is 14.5 Å². The molecular weight excluding hydrogens is 352 g/mol. The van der Waals surface area contributed by atoms with E-state index in [0.29, 0.717) is 11.5 Å². The Morgan fingerprint density at radius 1 is 0.964 bits per heavy atom. The van der Waals surface area contributed by atoms with E-state index in [9.17, 15) is 9.59 Å². The molecule has 2 aromatic rings. The zero-order chi connectivity index (χ0) is 19.5. The van der Waals surface area contributed by atoms with Crippen molar-refractivity contribution in [2.45, 2.75) is 58.4 Å². The van der Waals surface area contributed by atoms with E-state index in [-0.39, 0.29) is 11.8 Å². The number of amides is 2. The van der Waals surface area contributed by atoms with Gasteiger partial charge in [0.25, 0.3) is 11.8 Å². The molecule has 0 aliphatic carbocycles. The Bertz CT molecular complexity index is 879. The zero-order valence-corrected chi connectivity index (χ0v) is 16.5. The van der Waals surface area contributed by atoms with Gasteiger partial charge in [-0.3, -0.25) is 9.59 Å². The van der Waals surface area contributed by atoms with Gasteiger partial charge in [0, 0.05) is 25.3 Å². The molecule has 6 nitrogen and oxygen atoms in total. The summed E-state index contributed by atoms with van der Waals surface area (Å²) in [5.41, 5.74) is 3.09. The highest BCUT2D eigenvalue weighted by Crippen LogP contribution is 2.24. The number of fused-ring (bicyclic) bond motifs is 1. The van der Waals surface area contributed by atoms with E-state index in [1.807, 2.05) is 40.7 Å². The number of rotatable bonds is 3. The first kappa shape index (κ1) is 18.7. The van der Waals surface area contributed by atoms with Gasteiger partial charge in [0.05, 0.1) is 5.69 Å². The minimum atomic E-state index is -0.227. The number of hydrogen-bond donors (Lipinski definition) is 1. The number of aryl methyl sites for hydroxylation is 1. The molecule has 1 N–H and O–H groups in total. The van der Waals surface area contributed by atoms with Gasteiger partial charge in [-0.1, -0.05) is 31.0 Å². The normalized spacial score (nSPS) is 17.0. The van der Waals surface area contributed by atoms with E-state index >= 15 is 0 Å². The SMILES string of the molecule is Cc1ccccc1NC(=O)c1nc(C(=O)N2CCCCCC2)n2c1CCCC2. The predicted octanol–water partition coefficient (Wildman–Crippen LogP) is 3.80. The van der Waals surface area contributed by atoms with Gasteiger partial charge in [0.2, 0.25) is 0 Å². The van der Waals surface area contributed by atoms with Crippen LogP contribution in [0.25, 0.3) is 0 Å². The predicted molar refractivity (Wildman–Crippen MR) is 109 cm³/mol. The number of likely N-dealkylation sites (tertiary alicyclic amines) is 1. The van der Waals surface area contributed by atoms with E-state index in [4.69, 9.17) is 0 Å². The highest BCUT2D eigenvalue weighted by Gasteiger charge is 2.30. The molecule has 1 fully saturated rings. The Labute approximate surface area is 165 Å². The molecule has 2 amide bonds. The number of para-hydroxylation sites is 1. The second-order valence-corrected chi connectivity index (χ2v) is 7.81. The Morgan fingerprint density at radius 3 is 2.43 bits per heavy atom. The monoisotopic (exact) mass is 380 g/mol. The molecule has 3 heterocycles. The van der Waals surface area contributed by atoms with Gasteiger partial charge in [-0.25, -0.2) is 4.98 Å². The molecule has 1 aromatic carbocycles. The Morgan fingerprint density at radius 2 is 1.68 bits per heavy atom. The Kier molecular flexibility index (Phi) is 5.46. The van der Waals surface area contributed by atoms with E-state index < -0.39 is 0 Å². The number of benzene rings is 1. The standard InChI is InChI=1S/C22H28N4O2/c1-16-10-4-5-11-17(16)23-21(27)19-18-12-6-9-15-26(18)20(24-19)22(28)25-13-7-2-3-8-14-25/h4-5,10-11H,2-3,6-9,12-15H2,1H3,(H,23,27). The van der Waals surface area contributed by atoms with Gasteiger partial charge in [0.15, 0.2) is 11.5 Å². The molecule has 4 rings (SSSR count). The van der Waals surface area contributed by atoms with Crippen LogP contribution in [0, 0.1) is 6.92 Å². The van der Waals surface area contributed by atoms with Crippen LogP contribution in [0.3, 0.4) is 0 Å². The topological polar surface area (TPSA) is 67.2 Å². The third kappa shape index (κ3) is 3.68. The molecule has 0 unspecified atom stereocenters. The average molecular weight is 380 g/mol. The molecule has 1 aromatic heterocycles.